The number of carbonyl (C=O) groups is 1. The molecule has 2 N–H and O–H groups in total. The molecule has 0 aliphatic carbocycles. The molecule has 2 aromatic carbocycles. The maximum Gasteiger partial charge on any atom is 0.280 e. The first kappa shape index (κ1) is 20.8. The van der Waals surface area contributed by atoms with E-state index in [2.05, 4.69) is 19.9 Å². The molecule has 3 heterocycles. The lowest BCUT2D eigenvalue weighted by molar-refractivity contribution is 0.0612. The highest BCUT2D eigenvalue weighted by molar-refractivity contribution is 5.97. The number of para-hydroxylation sites is 3. The summed E-state index contributed by atoms with van der Waals surface area (Å²) >= 11 is 0. The van der Waals surface area contributed by atoms with Gasteiger partial charge in [0.2, 0.25) is 5.62 Å². The zero-order chi connectivity index (χ0) is 23.2. The van der Waals surface area contributed by atoms with Crippen molar-refractivity contribution in [2.45, 2.75) is 26.0 Å². The Hall–Kier alpha value is -4.04. The highest BCUT2D eigenvalue weighted by Crippen LogP contribution is 2.26. The van der Waals surface area contributed by atoms with Gasteiger partial charge in [0.05, 0.1) is 46.2 Å². The number of amides is 1. The molecule has 1 amide bonds. The Labute approximate surface area is 189 Å². The Morgan fingerprint density at radius 1 is 1.09 bits per heavy atom. The fraction of sp³-hybridized carbons (Fsp3) is 0.200. The van der Waals surface area contributed by atoms with Gasteiger partial charge in [-0.25, -0.2) is 4.98 Å². The number of hydrogen-bond acceptors (Lipinski definition) is 4. The summed E-state index contributed by atoms with van der Waals surface area (Å²) in [6.07, 6.45) is 3.37. The number of aliphatic hydroxyl groups is 1. The molecular formula is C25H24N6O2. The number of H-pyrrole nitrogens is 1. The predicted molar refractivity (Wildman–Crippen MR) is 126 cm³/mol. The van der Waals surface area contributed by atoms with Crippen molar-refractivity contribution in [2.24, 2.45) is 12.0 Å². The second-order valence-corrected chi connectivity index (χ2v) is 8.74. The van der Waals surface area contributed by atoms with Gasteiger partial charge in [0.1, 0.15) is 0 Å². The summed E-state index contributed by atoms with van der Waals surface area (Å²) in [7, 11) is 1.94. The number of fused-ring (bicyclic) bond motifs is 2. The Kier molecular flexibility index (Phi) is 4.94. The minimum Gasteiger partial charge on any atom is -0.389 e. The van der Waals surface area contributed by atoms with Crippen LogP contribution in [0.15, 0.2) is 72.1 Å². The van der Waals surface area contributed by atoms with Crippen molar-refractivity contribution in [3.05, 3.63) is 78.3 Å². The van der Waals surface area contributed by atoms with E-state index in [9.17, 15) is 9.90 Å². The lowest BCUT2D eigenvalue weighted by Crippen LogP contribution is -2.32. The zero-order valence-corrected chi connectivity index (χ0v) is 18.6. The number of aryl methyl sites for hydroxylation is 1. The second-order valence-electron chi connectivity index (χ2n) is 8.74. The number of aromatic amines is 1. The summed E-state index contributed by atoms with van der Waals surface area (Å²) in [6, 6.07) is 16.9. The van der Waals surface area contributed by atoms with Gasteiger partial charge < -0.3 is 19.2 Å². The van der Waals surface area contributed by atoms with Gasteiger partial charge in [-0.2, -0.15) is 4.99 Å². The first-order valence-corrected chi connectivity index (χ1v) is 10.7. The Balaban J connectivity index is 1.59. The van der Waals surface area contributed by atoms with E-state index >= 15 is 0 Å². The molecular weight excluding hydrogens is 416 g/mol. The normalized spacial score (nSPS) is 12.7. The lowest BCUT2D eigenvalue weighted by atomic mass is 10.1. The number of pyridine rings is 1. The van der Waals surface area contributed by atoms with E-state index in [1.807, 2.05) is 58.6 Å². The second kappa shape index (κ2) is 7.83. The number of aromatic nitrogens is 5. The number of nitrogens with zero attached hydrogens (tertiary/aromatic N) is 5. The molecule has 0 saturated heterocycles. The van der Waals surface area contributed by atoms with E-state index in [4.69, 9.17) is 0 Å². The molecule has 8 nitrogen and oxygen atoms in total. The number of rotatable bonds is 4. The number of imidazole rings is 2. The summed E-state index contributed by atoms with van der Waals surface area (Å²) < 4.78 is 3.77. The maximum atomic E-state index is 13.1. The molecule has 8 heteroatoms. The fourth-order valence-corrected chi connectivity index (χ4v) is 3.99. The first-order chi connectivity index (χ1) is 15.8. The molecule has 33 heavy (non-hydrogen) atoms. The Morgan fingerprint density at radius 2 is 1.88 bits per heavy atom. The van der Waals surface area contributed by atoms with Gasteiger partial charge >= 0.3 is 0 Å². The van der Waals surface area contributed by atoms with Gasteiger partial charge in [0, 0.05) is 24.4 Å². The van der Waals surface area contributed by atoms with Gasteiger partial charge in [-0.3, -0.25) is 9.78 Å². The molecule has 0 saturated carbocycles. The van der Waals surface area contributed by atoms with Gasteiger partial charge in [-0.1, -0.05) is 24.3 Å². The van der Waals surface area contributed by atoms with E-state index < -0.39 is 11.5 Å². The Morgan fingerprint density at radius 3 is 2.70 bits per heavy atom. The van der Waals surface area contributed by atoms with Crippen LogP contribution in [0.4, 0.5) is 0 Å². The van der Waals surface area contributed by atoms with E-state index in [0.717, 1.165) is 27.6 Å². The molecule has 5 aromatic rings. The topological polar surface area (TPSA) is 101 Å². The van der Waals surface area contributed by atoms with Gasteiger partial charge in [-0.15, -0.1) is 0 Å². The van der Waals surface area contributed by atoms with Crippen molar-refractivity contribution in [1.82, 2.24) is 24.1 Å². The van der Waals surface area contributed by atoms with Crippen molar-refractivity contribution in [3.63, 3.8) is 0 Å². The fourth-order valence-electron chi connectivity index (χ4n) is 3.99. The standard InChI is InChI=1S/C25H24N6O2/c1-25(2,33)14-31-20-9-5-4-8-18(20)28-24(31)29-23(32)16-11-12-26-19(13-16)17-7-6-10-21-22(17)27-15-30(21)3/h4-13,15,33H,14H2,1-3H3,(H,28,29,32). The molecule has 0 unspecified atom stereocenters. The van der Waals surface area contributed by atoms with Crippen LogP contribution >= 0.6 is 0 Å². The number of hydrogen-bond donors (Lipinski definition) is 2. The third-order valence-electron chi connectivity index (χ3n) is 5.49. The highest BCUT2D eigenvalue weighted by Gasteiger charge is 2.18. The molecule has 5 rings (SSSR count). The molecule has 0 radical (unpaired) electrons. The minimum atomic E-state index is -0.978. The van der Waals surface area contributed by atoms with E-state index in [-0.39, 0.29) is 6.54 Å². The summed E-state index contributed by atoms with van der Waals surface area (Å²) in [5.74, 6) is -0.400. The molecule has 0 aliphatic heterocycles. The highest BCUT2D eigenvalue weighted by atomic mass is 16.3. The first-order valence-electron chi connectivity index (χ1n) is 10.7. The number of nitrogens with one attached hydrogen (secondary N) is 1. The average molecular weight is 441 g/mol. The predicted octanol–water partition coefficient (Wildman–Crippen LogP) is 3.43. The molecule has 0 bridgehead atoms. The van der Waals surface area contributed by atoms with E-state index in [1.54, 1.807) is 38.5 Å². The maximum absolute atomic E-state index is 13.1. The molecule has 0 fully saturated rings. The van der Waals surface area contributed by atoms with Crippen LogP contribution in [-0.4, -0.2) is 40.7 Å². The summed E-state index contributed by atoms with van der Waals surface area (Å²) in [5.41, 5.74) is 4.85. The van der Waals surface area contributed by atoms with Crippen molar-refractivity contribution in [3.8, 4) is 11.3 Å². The third-order valence-corrected chi connectivity index (χ3v) is 5.49. The smallest absolute Gasteiger partial charge is 0.280 e. The van der Waals surface area contributed by atoms with Crippen molar-refractivity contribution in [1.29, 1.82) is 0 Å². The third kappa shape index (κ3) is 3.96. The van der Waals surface area contributed by atoms with Gasteiger partial charge in [0.25, 0.3) is 5.91 Å². The minimum absolute atomic E-state index is 0.284. The SMILES string of the molecule is Cn1cnc2c(-c3cc(C(=O)/N=c4\[nH]c5ccccc5n4CC(C)(C)O)ccn3)cccc21. The Bertz CT molecular complexity index is 1570. The van der Waals surface area contributed by atoms with Crippen molar-refractivity contribution >= 4 is 28.0 Å². The van der Waals surface area contributed by atoms with Crippen molar-refractivity contribution in [2.75, 3.05) is 0 Å². The largest absolute Gasteiger partial charge is 0.389 e. The molecule has 0 spiro atoms. The summed E-state index contributed by atoms with van der Waals surface area (Å²) in [5, 5.41) is 10.4. The van der Waals surface area contributed by atoms with Crippen LogP contribution in [0.3, 0.4) is 0 Å². The average Bonchev–Trinajstić information content (AvgIpc) is 3.33. The summed E-state index contributed by atoms with van der Waals surface area (Å²) in [6.45, 7) is 3.73. The quantitative estimate of drug-likeness (QED) is 0.447. The van der Waals surface area contributed by atoms with Crippen LogP contribution in [0.2, 0.25) is 0 Å². The van der Waals surface area contributed by atoms with E-state index in [0.29, 0.717) is 16.9 Å². The van der Waals surface area contributed by atoms with Crippen LogP contribution in [0.5, 0.6) is 0 Å². The van der Waals surface area contributed by atoms with Gasteiger partial charge in [0.15, 0.2) is 0 Å². The molecule has 0 aliphatic rings. The van der Waals surface area contributed by atoms with Crippen LogP contribution in [0, 0.1) is 0 Å². The van der Waals surface area contributed by atoms with E-state index in [1.165, 1.54) is 0 Å². The molecule has 3 aromatic heterocycles. The van der Waals surface area contributed by atoms with Gasteiger partial charge in [-0.05, 0) is 44.2 Å². The molecule has 0 atom stereocenters. The molecule has 166 valence electrons. The summed E-state index contributed by atoms with van der Waals surface area (Å²) in [4.78, 5) is 29.7. The monoisotopic (exact) mass is 440 g/mol. The van der Waals surface area contributed by atoms with Crippen LogP contribution in [0.25, 0.3) is 33.3 Å². The lowest BCUT2D eigenvalue weighted by Gasteiger charge is -2.18. The number of benzene rings is 2. The van der Waals surface area contributed by atoms with Crippen molar-refractivity contribution < 1.29 is 9.90 Å². The zero-order valence-electron chi connectivity index (χ0n) is 18.6. The van der Waals surface area contributed by atoms with Crippen LogP contribution in [-0.2, 0) is 13.6 Å². The van der Waals surface area contributed by atoms with Crippen LogP contribution < -0.4 is 5.62 Å². The van der Waals surface area contributed by atoms with Crippen LogP contribution in [0.1, 0.15) is 24.2 Å². The number of carbonyl (C=O) groups excluding carboxylic acids is 1.